The predicted molar refractivity (Wildman–Crippen MR) is 76.4 cm³/mol. The van der Waals surface area contributed by atoms with Crippen LogP contribution in [0.25, 0.3) is 0 Å². The van der Waals surface area contributed by atoms with E-state index in [-0.39, 0.29) is 18.3 Å². The maximum Gasteiger partial charge on any atom is 0.291 e. The molecule has 4 heteroatoms. The normalized spacial score (nSPS) is 9.70. The lowest BCUT2D eigenvalue weighted by atomic mass is 10.1. The summed E-state index contributed by atoms with van der Waals surface area (Å²) in [6, 6.07) is 8.80. The Morgan fingerprint density at radius 1 is 1.40 bits per heavy atom. The largest absolute Gasteiger partial charge is 0.459 e. The molecular formula is C16H15NO3. The summed E-state index contributed by atoms with van der Waals surface area (Å²) < 4.78 is 5.06. The molecule has 20 heavy (non-hydrogen) atoms. The Morgan fingerprint density at radius 3 is 2.90 bits per heavy atom. The summed E-state index contributed by atoms with van der Waals surface area (Å²) in [5.41, 5.74) is 2.53. The van der Waals surface area contributed by atoms with Crippen LogP contribution in [0.3, 0.4) is 0 Å². The number of carbonyl (C=O) groups is 1. The van der Waals surface area contributed by atoms with Crippen LogP contribution >= 0.6 is 0 Å². The first-order chi connectivity index (χ1) is 9.74. The summed E-state index contributed by atoms with van der Waals surface area (Å²) in [7, 11) is 0. The van der Waals surface area contributed by atoms with Crippen molar-refractivity contribution in [2.75, 3.05) is 11.9 Å². The molecule has 2 aromatic rings. The first kappa shape index (κ1) is 13.9. The molecule has 0 spiro atoms. The molecule has 0 saturated heterocycles. The molecule has 0 aliphatic rings. The quantitative estimate of drug-likeness (QED) is 0.841. The van der Waals surface area contributed by atoms with Crippen molar-refractivity contribution >= 4 is 11.6 Å². The van der Waals surface area contributed by atoms with Gasteiger partial charge in [-0.1, -0.05) is 18.8 Å². The Kier molecular flexibility index (Phi) is 4.59. The molecule has 1 aromatic carbocycles. The van der Waals surface area contributed by atoms with E-state index in [9.17, 15) is 4.79 Å². The van der Waals surface area contributed by atoms with Crippen LogP contribution in [0.4, 0.5) is 5.69 Å². The lowest BCUT2D eigenvalue weighted by Crippen LogP contribution is -2.12. The van der Waals surface area contributed by atoms with Crippen LogP contribution in [0, 0.1) is 11.8 Å². The number of aliphatic hydroxyl groups excluding tert-OH is 1. The summed E-state index contributed by atoms with van der Waals surface area (Å²) in [6.45, 7) is 1.83. The fourth-order valence-electron chi connectivity index (χ4n) is 1.82. The molecule has 0 aliphatic heterocycles. The third-order valence-electron chi connectivity index (χ3n) is 2.79. The van der Waals surface area contributed by atoms with Gasteiger partial charge in [-0.05, 0) is 42.3 Å². The molecule has 0 aliphatic carbocycles. The van der Waals surface area contributed by atoms with Crippen LogP contribution in [0.15, 0.2) is 41.0 Å². The zero-order valence-electron chi connectivity index (χ0n) is 11.1. The number of hydrogen-bond donors (Lipinski definition) is 2. The van der Waals surface area contributed by atoms with Crippen molar-refractivity contribution < 1.29 is 14.3 Å². The Morgan fingerprint density at radius 2 is 2.25 bits per heavy atom. The van der Waals surface area contributed by atoms with Gasteiger partial charge in [-0.15, -0.1) is 0 Å². The Balaban J connectivity index is 2.21. The minimum atomic E-state index is -0.279. The maximum atomic E-state index is 11.9. The number of aryl methyl sites for hydroxylation is 1. The number of benzene rings is 1. The number of anilines is 1. The van der Waals surface area contributed by atoms with E-state index in [0.29, 0.717) is 0 Å². The van der Waals surface area contributed by atoms with Crippen LogP contribution in [0.1, 0.15) is 28.6 Å². The van der Waals surface area contributed by atoms with E-state index in [0.717, 1.165) is 23.2 Å². The highest BCUT2D eigenvalue weighted by Gasteiger charge is 2.10. The summed E-state index contributed by atoms with van der Waals surface area (Å²) in [5, 5.41) is 11.5. The SMILES string of the molecule is CCc1cc(C#CCO)ccc1NC(=O)c1ccco1. The lowest BCUT2D eigenvalue weighted by Gasteiger charge is -2.09. The molecule has 2 N–H and O–H groups in total. The van der Waals surface area contributed by atoms with E-state index in [1.165, 1.54) is 6.26 Å². The molecule has 2 rings (SSSR count). The fraction of sp³-hybridized carbons (Fsp3) is 0.188. The van der Waals surface area contributed by atoms with Gasteiger partial charge < -0.3 is 14.8 Å². The second kappa shape index (κ2) is 6.60. The summed E-state index contributed by atoms with van der Waals surface area (Å²) in [6.07, 6.45) is 2.23. The standard InChI is InChI=1S/C16H15NO3/c1-2-13-11-12(5-3-9-18)7-8-14(13)17-16(19)15-6-4-10-20-15/h4,6-8,10-11,18H,2,9H2,1H3,(H,17,19). The Hall–Kier alpha value is -2.51. The van der Waals surface area contributed by atoms with Crippen LogP contribution in [-0.4, -0.2) is 17.6 Å². The predicted octanol–water partition coefficient (Wildman–Crippen LogP) is 2.44. The topological polar surface area (TPSA) is 62.5 Å². The fourth-order valence-corrected chi connectivity index (χ4v) is 1.82. The number of amides is 1. The van der Waals surface area contributed by atoms with Gasteiger partial charge in [0.15, 0.2) is 5.76 Å². The third kappa shape index (κ3) is 3.28. The minimum Gasteiger partial charge on any atom is -0.459 e. The molecule has 0 saturated carbocycles. The zero-order valence-corrected chi connectivity index (χ0v) is 11.1. The van der Waals surface area contributed by atoms with Crippen molar-refractivity contribution in [2.45, 2.75) is 13.3 Å². The number of aliphatic hydroxyl groups is 1. The summed E-state index contributed by atoms with van der Waals surface area (Å²) in [5.74, 6) is 5.44. The van der Waals surface area contributed by atoms with Crippen LogP contribution in [0.5, 0.6) is 0 Å². The molecule has 0 radical (unpaired) electrons. The Labute approximate surface area is 117 Å². The van der Waals surface area contributed by atoms with E-state index >= 15 is 0 Å². The molecule has 4 nitrogen and oxygen atoms in total. The molecule has 1 heterocycles. The molecule has 0 bridgehead atoms. The zero-order chi connectivity index (χ0) is 14.4. The highest BCUT2D eigenvalue weighted by Crippen LogP contribution is 2.19. The number of carbonyl (C=O) groups excluding carboxylic acids is 1. The number of hydrogen-bond acceptors (Lipinski definition) is 3. The van der Waals surface area contributed by atoms with Gasteiger partial charge in [0.1, 0.15) is 6.61 Å². The third-order valence-corrected chi connectivity index (χ3v) is 2.79. The van der Waals surface area contributed by atoms with Crippen molar-refractivity contribution in [1.82, 2.24) is 0 Å². The van der Waals surface area contributed by atoms with Crippen LogP contribution in [-0.2, 0) is 6.42 Å². The molecule has 0 fully saturated rings. The smallest absolute Gasteiger partial charge is 0.291 e. The van der Waals surface area contributed by atoms with Crippen LogP contribution < -0.4 is 5.32 Å². The van der Waals surface area contributed by atoms with E-state index in [2.05, 4.69) is 17.2 Å². The second-order valence-electron chi connectivity index (χ2n) is 4.12. The second-order valence-corrected chi connectivity index (χ2v) is 4.12. The lowest BCUT2D eigenvalue weighted by molar-refractivity contribution is 0.0996. The first-order valence-electron chi connectivity index (χ1n) is 6.32. The average molecular weight is 269 g/mol. The minimum absolute atomic E-state index is 0.168. The summed E-state index contributed by atoms with van der Waals surface area (Å²) in [4.78, 5) is 11.9. The molecule has 102 valence electrons. The van der Waals surface area contributed by atoms with E-state index in [1.54, 1.807) is 24.3 Å². The number of rotatable bonds is 3. The van der Waals surface area contributed by atoms with Gasteiger partial charge in [0.25, 0.3) is 5.91 Å². The van der Waals surface area contributed by atoms with Crippen molar-refractivity contribution in [3.05, 3.63) is 53.5 Å². The number of furan rings is 1. The van der Waals surface area contributed by atoms with E-state index in [4.69, 9.17) is 9.52 Å². The monoisotopic (exact) mass is 269 g/mol. The molecule has 1 amide bonds. The first-order valence-corrected chi connectivity index (χ1v) is 6.32. The van der Waals surface area contributed by atoms with E-state index in [1.807, 2.05) is 13.0 Å². The van der Waals surface area contributed by atoms with Gasteiger partial charge in [0, 0.05) is 11.3 Å². The Bertz CT molecular complexity index is 648. The average Bonchev–Trinajstić information content (AvgIpc) is 3.00. The summed E-state index contributed by atoms with van der Waals surface area (Å²) >= 11 is 0. The van der Waals surface area contributed by atoms with Gasteiger partial charge in [-0.2, -0.15) is 0 Å². The van der Waals surface area contributed by atoms with Crippen molar-refractivity contribution in [2.24, 2.45) is 0 Å². The van der Waals surface area contributed by atoms with Gasteiger partial charge >= 0.3 is 0 Å². The van der Waals surface area contributed by atoms with E-state index < -0.39 is 0 Å². The highest BCUT2D eigenvalue weighted by atomic mass is 16.3. The highest BCUT2D eigenvalue weighted by molar-refractivity contribution is 6.02. The van der Waals surface area contributed by atoms with Crippen molar-refractivity contribution in [1.29, 1.82) is 0 Å². The van der Waals surface area contributed by atoms with Gasteiger partial charge in [0.2, 0.25) is 0 Å². The van der Waals surface area contributed by atoms with Gasteiger partial charge in [0.05, 0.1) is 6.26 Å². The molecule has 0 unspecified atom stereocenters. The molecular weight excluding hydrogens is 254 g/mol. The number of nitrogens with one attached hydrogen (secondary N) is 1. The van der Waals surface area contributed by atoms with Crippen molar-refractivity contribution in [3.8, 4) is 11.8 Å². The van der Waals surface area contributed by atoms with Crippen molar-refractivity contribution in [3.63, 3.8) is 0 Å². The van der Waals surface area contributed by atoms with Gasteiger partial charge in [-0.25, -0.2) is 0 Å². The molecule has 1 aromatic heterocycles. The maximum absolute atomic E-state index is 11.9. The van der Waals surface area contributed by atoms with Crippen LogP contribution in [0.2, 0.25) is 0 Å². The molecule has 0 atom stereocenters. The van der Waals surface area contributed by atoms with Gasteiger partial charge in [-0.3, -0.25) is 4.79 Å².